The quantitative estimate of drug-likeness (QED) is 0.371. The Morgan fingerprint density at radius 3 is 2.36 bits per heavy atom. The standard InChI is InChI=1S/C28H37N9O2/c1-4-22-29-20-7-5-6-8-21(20)37(22)27-31-25-24(26(32-27)35-13-15-38-16-14-35)30-23(33(25)3)17-34-9-11-36(12-10-34)28(2)18-39-19-28/h5-8H,4,9-19H2,1-3H3. The largest absolute Gasteiger partial charge is 0.378 e. The van der Waals surface area contributed by atoms with Gasteiger partial charge in [0.2, 0.25) is 5.95 Å². The normalized spacial score (nSPS) is 20.6. The van der Waals surface area contributed by atoms with Crippen LogP contribution in [0.3, 0.4) is 0 Å². The van der Waals surface area contributed by atoms with E-state index in [0.29, 0.717) is 19.2 Å². The van der Waals surface area contributed by atoms with Gasteiger partial charge in [-0.05, 0) is 19.1 Å². The lowest BCUT2D eigenvalue weighted by Gasteiger charge is -2.50. The molecule has 4 aromatic rings. The molecule has 0 bridgehead atoms. The van der Waals surface area contributed by atoms with Crippen LogP contribution >= 0.6 is 0 Å². The van der Waals surface area contributed by atoms with Gasteiger partial charge in [-0.15, -0.1) is 0 Å². The van der Waals surface area contributed by atoms with Crippen LogP contribution in [0.25, 0.3) is 28.1 Å². The third kappa shape index (κ3) is 4.28. The van der Waals surface area contributed by atoms with Gasteiger partial charge in [0.15, 0.2) is 17.0 Å². The Bertz CT molecular complexity index is 1490. The fourth-order valence-electron chi connectivity index (χ4n) is 6.08. The highest BCUT2D eigenvalue weighted by molar-refractivity contribution is 5.86. The summed E-state index contributed by atoms with van der Waals surface area (Å²) in [6.45, 7) is 14.0. The molecule has 3 aliphatic heterocycles. The third-order valence-corrected chi connectivity index (χ3v) is 8.57. The van der Waals surface area contributed by atoms with Crippen molar-refractivity contribution in [1.82, 2.24) is 38.9 Å². The molecule has 11 heteroatoms. The van der Waals surface area contributed by atoms with Crippen molar-refractivity contribution in [2.45, 2.75) is 32.4 Å². The number of aryl methyl sites for hydroxylation is 2. The molecular weight excluding hydrogens is 494 g/mol. The summed E-state index contributed by atoms with van der Waals surface area (Å²) in [5.41, 5.74) is 3.90. The summed E-state index contributed by atoms with van der Waals surface area (Å²) in [6, 6.07) is 8.21. The summed E-state index contributed by atoms with van der Waals surface area (Å²) in [5, 5.41) is 0. The Morgan fingerprint density at radius 1 is 0.872 bits per heavy atom. The second-order valence-electron chi connectivity index (χ2n) is 11.2. The summed E-state index contributed by atoms with van der Waals surface area (Å²) in [6.07, 6.45) is 0.788. The van der Waals surface area contributed by atoms with Crippen molar-refractivity contribution in [3.05, 3.63) is 35.9 Å². The van der Waals surface area contributed by atoms with Gasteiger partial charge in [-0.3, -0.25) is 14.4 Å². The number of morpholine rings is 1. The molecule has 11 nitrogen and oxygen atoms in total. The number of benzene rings is 1. The Hall–Kier alpha value is -3.12. The first-order valence-corrected chi connectivity index (χ1v) is 14.1. The number of nitrogens with zero attached hydrogens (tertiary/aromatic N) is 9. The Labute approximate surface area is 228 Å². The summed E-state index contributed by atoms with van der Waals surface area (Å²) >= 11 is 0. The number of fused-ring (bicyclic) bond motifs is 2. The summed E-state index contributed by atoms with van der Waals surface area (Å²) < 4.78 is 15.4. The number of rotatable bonds is 6. The molecule has 0 atom stereocenters. The molecule has 0 radical (unpaired) electrons. The van der Waals surface area contributed by atoms with Crippen LogP contribution in [-0.2, 0) is 29.5 Å². The fraction of sp³-hybridized carbons (Fsp3) is 0.571. The second kappa shape index (κ2) is 9.81. The number of imidazole rings is 2. The zero-order valence-electron chi connectivity index (χ0n) is 23.1. The van der Waals surface area contributed by atoms with Crippen molar-refractivity contribution in [2.75, 3.05) is 70.6 Å². The molecule has 7 rings (SSSR count). The number of para-hydroxylation sites is 2. The van der Waals surface area contributed by atoms with E-state index in [4.69, 9.17) is 29.4 Å². The average molecular weight is 532 g/mol. The van der Waals surface area contributed by atoms with Gasteiger partial charge in [-0.1, -0.05) is 19.1 Å². The van der Waals surface area contributed by atoms with Crippen LogP contribution in [0.2, 0.25) is 0 Å². The van der Waals surface area contributed by atoms with E-state index >= 15 is 0 Å². The molecular formula is C28H37N9O2. The van der Waals surface area contributed by atoms with Crippen molar-refractivity contribution in [2.24, 2.45) is 7.05 Å². The number of aromatic nitrogens is 6. The first-order valence-electron chi connectivity index (χ1n) is 14.1. The van der Waals surface area contributed by atoms with Gasteiger partial charge >= 0.3 is 0 Å². The highest BCUT2D eigenvalue weighted by Gasteiger charge is 2.40. The lowest BCUT2D eigenvalue weighted by atomic mass is 9.97. The molecule has 0 aliphatic carbocycles. The molecule has 6 heterocycles. The first-order chi connectivity index (χ1) is 19.0. The van der Waals surface area contributed by atoms with Crippen LogP contribution in [0.15, 0.2) is 24.3 Å². The minimum Gasteiger partial charge on any atom is -0.378 e. The van der Waals surface area contributed by atoms with Crippen molar-refractivity contribution in [3.8, 4) is 5.95 Å². The predicted octanol–water partition coefficient (Wildman–Crippen LogP) is 2.01. The fourth-order valence-corrected chi connectivity index (χ4v) is 6.08. The zero-order valence-corrected chi connectivity index (χ0v) is 23.1. The molecule has 1 aromatic carbocycles. The predicted molar refractivity (Wildman–Crippen MR) is 149 cm³/mol. The third-order valence-electron chi connectivity index (χ3n) is 8.57. The van der Waals surface area contributed by atoms with E-state index in [9.17, 15) is 0 Å². The molecule has 206 valence electrons. The Balaban J connectivity index is 1.26. The van der Waals surface area contributed by atoms with Crippen LogP contribution in [0.1, 0.15) is 25.5 Å². The van der Waals surface area contributed by atoms with Crippen molar-refractivity contribution >= 4 is 28.0 Å². The van der Waals surface area contributed by atoms with Crippen molar-refractivity contribution < 1.29 is 9.47 Å². The molecule has 3 aromatic heterocycles. The number of hydrogen-bond acceptors (Lipinski definition) is 9. The van der Waals surface area contributed by atoms with Crippen molar-refractivity contribution in [1.29, 1.82) is 0 Å². The smallest absolute Gasteiger partial charge is 0.239 e. The maximum Gasteiger partial charge on any atom is 0.239 e. The van der Waals surface area contributed by atoms with E-state index in [0.717, 1.165) is 105 Å². The maximum atomic E-state index is 5.66. The van der Waals surface area contributed by atoms with Crippen LogP contribution in [0.5, 0.6) is 0 Å². The molecule has 0 amide bonds. The molecule has 0 saturated carbocycles. The molecule has 39 heavy (non-hydrogen) atoms. The molecule has 3 aliphatic rings. The SMILES string of the molecule is CCc1nc2ccccc2n1-c1nc(N2CCOCC2)c2nc(CN3CCN(C4(C)COC4)CC3)n(C)c2n1. The Kier molecular flexibility index (Phi) is 6.26. The Morgan fingerprint density at radius 2 is 1.64 bits per heavy atom. The minimum atomic E-state index is 0.206. The topological polar surface area (TPSA) is 89.6 Å². The van der Waals surface area contributed by atoms with Crippen LogP contribution in [0.4, 0.5) is 5.82 Å². The summed E-state index contributed by atoms with van der Waals surface area (Å²) in [5.74, 6) is 3.49. The molecule has 0 spiro atoms. The molecule has 3 saturated heterocycles. The highest BCUT2D eigenvalue weighted by atomic mass is 16.5. The monoisotopic (exact) mass is 531 g/mol. The van der Waals surface area contributed by atoms with Crippen LogP contribution in [-0.4, -0.2) is 110 Å². The van der Waals surface area contributed by atoms with Crippen LogP contribution in [0, 0.1) is 0 Å². The van der Waals surface area contributed by atoms with Crippen molar-refractivity contribution in [3.63, 3.8) is 0 Å². The van der Waals surface area contributed by atoms with E-state index < -0.39 is 0 Å². The summed E-state index contributed by atoms with van der Waals surface area (Å²) in [4.78, 5) is 27.7. The zero-order chi connectivity index (χ0) is 26.6. The second-order valence-corrected chi connectivity index (χ2v) is 11.2. The van der Waals surface area contributed by atoms with Gasteiger partial charge in [0.1, 0.15) is 11.6 Å². The van der Waals surface area contributed by atoms with Gasteiger partial charge in [-0.25, -0.2) is 9.97 Å². The van der Waals surface area contributed by atoms with E-state index in [1.165, 1.54) is 0 Å². The number of hydrogen-bond donors (Lipinski definition) is 0. The van der Waals surface area contributed by atoms with Gasteiger partial charge in [-0.2, -0.15) is 9.97 Å². The van der Waals surface area contributed by atoms with Crippen LogP contribution < -0.4 is 4.90 Å². The first kappa shape index (κ1) is 24.9. The molecule has 0 unspecified atom stereocenters. The maximum absolute atomic E-state index is 5.66. The van der Waals surface area contributed by atoms with E-state index in [-0.39, 0.29) is 5.54 Å². The van der Waals surface area contributed by atoms with Gasteiger partial charge in [0, 0.05) is 52.7 Å². The molecule has 0 N–H and O–H groups in total. The number of piperazine rings is 1. The van der Waals surface area contributed by atoms with E-state index in [2.05, 4.69) is 50.8 Å². The highest BCUT2D eigenvalue weighted by Crippen LogP contribution is 2.30. The number of anilines is 1. The van der Waals surface area contributed by atoms with E-state index in [1.54, 1.807) is 0 Å². The van der Waals surface area contributed by atoms with Gasteiger partial charge in [0.25, 0.3) is 0 Å². The van der Waals surface area contributed by atoms with Gasteiger partial charge < -0.3 is 18.9 Å². The van der Waals surface area contributed by atoms with Gasteiger partial charge in [0.05, 0.1) is 49.5 Å². The molecule has 3 fully saturated rings. The number of ether oxygens (including phenoxy) is 2. The lowest BCUT2D eigenvalue weighted by Crippen LogP contribution is -2.64. The average Bonchev–Trinajstić information content (AvgIpc) is 3.49. The summed E-state index contributed by atoms with van der Waals surface area (Å²) in [7, 11) is 2.08. The van der Waals surface area contributed by atoms with E-state index in [1.807, 2.05) is 18.2 Å². The lowest BCUT2D eigenvalue weighted by molar-refractivity contribution is -0.140. The minimum absolute atomic E-state index is 0.206.